The maximum Gasteiger partial charge on any atom is 0.232 e. The van der Waals surface area contributed by atoms with Gasteiger partial charge < -0.3 is 10.2 Å². The molecule has 0 saturated carbocycles. The van der Waals surface area contributed by atoms with Crippen LogP contribution in [-0.4, -0.2) is 42.2 Å². The topological polar surface area (TPSA) is 32.3 Å². The molecule has 0 spiro atoms. The Labute approximate surface area is 136 Å². The van der Waals surface area contributed by atoms with Crippen LogP contribution in [-0.2, 0) is 10.5 Å². The van der Waals surface area contributed by atoms with E-state index in [4.69, 9.17) is 11.6 Å². The van der Waals surface area contributed by atoms with Gasteiger partial charge in [-0.05, 0) is 37.1 Å². The van der Waals surface area contributed by atoms with E-state index >= 15 is 0 Å². The van der Waals surface area contributed by atoms with E-state index < -0.39 is 0 Å². The van der Waals surface area contributed by atoms with Gasteiger partial charge in [0, 0.05) is 29.9 Å². The Bertz CT molecular complexity index is 463. The van der Waals surface area contributed by atoms with E-state index in [9.17, 15) is 4.79 Å². The second kappa shape index (κ2) is 8.66. The molecule has 1 atom stereocenters. The molecule has 1 heterocycles. The molecule has 1 amide bonds. The van der Waals surface area contributed by atoms with Crippen LogP contribution in [0.1, 0.15) is 25.3 Å². The van der Waals surface area contributed by atoms with Gasteiger partial charge in [-0.1, -0.05) is 30.7 Å². The summed E-state index contributed by atoms with van der Waals surface area (Å²) in [6, 6.07) is 8.21. The largest absolute Gasteiger partial charge is 0.338 e. The standard InChI is InChI=1S/C16H23ClN2OS/c1-2-8-19(15-6-7-18-10-15)16(20)12-21-11-13-4-3-5-14(17)9-13/h3-5,9,15,18H,2,6-8,10-12H2,1H3. The number of hydrogen-bond acceptors (Lipinski definition) is 3. The van der Waals surface area contributed by atoms with E-state index in [-0.39, 0.29) is 5.91 Å². The van der Waals surface area contributed by atoms with Crippen molar-refractivity contribution in [3.63, 3.8) is 0 Å². The number of nitrogens with zero attached hydrogens (tertiary/aromatic N) is 1. The van der Waals surface area contributed by atoms with Gasteiger partial charge in [-0.15, -0.1) is 11.8 Å². The minimum absolute atomic E-state index is 0.262. The average molecular weight is 327 g/mol. The highest BCUT2D eigenvalue weighted by Crippen LogP contribution is 2.18. The molecule has 1 aromatic rings. The van der Waals surface area contributed by atoms with Crippen LogP contribution in [0.4, 0.5) is 0 Å². The summed E-state index contributed by atoms with van der Waals surface area (Å²) in [5, 5.41) is 4.09. The molecule has 0 aliphatic carbocycles. The summed E-state index contributed by atoms with van der Waals surface area (Å²) in [5.74, 6) is 1.63. The van der Waals surface area contributed by atoms with Crippen LogP contribution in [0.5, 0.6) is 0 Å². The van der Waals surface area contributed by atoms with Crippen molar-refractivity contribution in [3.8, 4) is 0 Å². The van der Waals surface area contributed by atoms with E-state index in [1.165, 1.54) is 5.56 Å². The van der Waals surface area contributed by atoms with Crippen LogP contribution in [0.25, 0.3) is 0 Å². The fourth-order valence-electron chi connectivity index (χ4n) is 2.62. The summed E-state index contributed by atoms with van der Waals surface area (Å²) in [6.07, 6.45) is 2.09. The van der Waals surface area contributed by atoms with Crippen LogP contribution < -0.4 is 5.32 Å². The van der Waals surface area contributed by atoms with Gasteiger partial charge in [-0.3, -0.25) is 4.79 Å². The minimum Gasteiger partial charge on any atom is -0.338 e. The maximum atomic E-state index is 12.4. The smallest absolute Gasteiger partial charge is 0.232 e. The molecule has 21 heavy (non-hydrogen) atoms. The fraction of sp³-hybridized carbons (Fsp3) is 0.562. The Balaban J connectivity index is 1.81. The third-order valence-electron chi connectivity index (χ3n) is 3.64. The highest BCUT2D eigenvalue weighted by Gasteiger charge is 2.25. The highest BCUT2D eigenvalue weighted by atomic mass is 35.5. The van der Waals surface area contributed by atoms with Gasteiger partial charge in [0.25, 0.3) is 0 Å². The molecular weight excluding hydrogens is 304 g/mol. The SMILES string of the molecule is CCCN(C(=O)CSCc1cccc(Cl)c1)C1CCNC1. The van der Waals surface area contributed by atoms with E-state index in [1.807, 2.05) is 24.3 Å². The second-order valence-corrected chi connectivity index (χ2v) is 6.78. The van der Waals surface area contributed by atoms with E-state index in [1.54, 1.807) is 11.8 Å². The lowest BCUT2D eigenvalue weighted by atomic mass is 10.2. The molecule has 1 N–H and O–H groups in total. The molecule has 1 aliphatic heterocycles. The fourth-order valence-corrected chi connectivity index (χ4v) is 3.69. The van der Waals surface area contributed by atoms with Crippen LogP contribution in [0, 0.1) is 0 Å². The Morgan fingerprint density at radius 1 is 1.52 bits per heavy atom. The van der Waals surface area contributed by atoms with Gasteiger partial charge in [0.2, 0.25) is 5.91 Å². The molecule has 0 aromatic heterocycles. The number of carbonyl (C=O) groups excluding carboxylic acids is 1. The van der Waals surface area contributed by atoms with E-state index in [2.05, 4.69) is 17.1 Å². The number of thioether (sulfide) groups is 1. The van der Waals surface area contributed by atoms with Crippen molar-refractivity contribution in [3.05, 3.63) is 34.9 Å². The maximum absolute atomic E-state index is 12.4. The van der Waals surface area contributed by atoms with Crippen LogP contribution >= 0.6 is 23.4 Å². The third kappa shape index (κ3) is 5.20. The molecule has 1 unspecified atom stereocenters. The van der Waals surface area contributed by atoms with Crippen molar-refractivity contribution < 1.29 is 4.79 Å². The lowest BCUT2D eigenvalue weighted by Crippen LogP contribution is -2.43. The van der Waals surface area contributed by atoms with Gasteiger partial charge in [0.1, 0.15) is 0 Å². The lowest BCUT2D eigenvalue weighted by Gasteiger charge is -2.28. The summed E-state index contributed by atoms with van der Waals surface area (Å²) < 4.78 is 0. The molecule has 3 nitrogen and oxygen atoms in total. The van der Waals surface area contributed by atoms with Crippen LogP contribution in [0.15, 0.2) is 24.3 Å². The van der Waals surface area contributed by atoms with Gasteiger partial charge in [0.05, 0.1) is 5.75 Å². The van der Waals surface area contributed by atoms with Crippen LogP contribution in [0.2, 0.25) is 5.02 Å². The van der Waals surface area contributed by atoms with Gasteiger partial charge >= 0.3 is 0 Å². The van der Waals surface area contributed by atoms with Crippen molar-refractivity contribution in [2.24, 2.45) is 0 Å². The Kier molecular flexibility index (Phi) is 6.87. The first kappa shape index (κ1) is 16.7. The van der Waals surface area contributed by atoms with Crippen LogP contribution in [0.3, 0.4) is 0 Å². The average Bonchev–Trinajstić information content (AvgIpc) is 2.98. The number of benzene rings is 1. The first-order chi connectivity index (χ1) is 10.2. The molecule has 0 bridgehead atoms. The molecular formula is C16H23ClN2OS. The summed E-state index contributed by atoms with van der Waals surface area (Å²) in [6.45, 7) is 4.95. The summed E-state index contributed by atoms with van der Waals surface area (Å²) in [7, 11) is 0. The molecule has 5 heteroatoms. The summed E-state index contributed by atoms with van der Waals surface area (Å²) in [5.41, 5.74) is 1.17. The zero-order chi connectivity index (χ0) is 15.1. The van der Waals surface area contributed by atoms with E-state index in [0.29, 0.717) is 11.8 Å². The molecule has 0 radical (unpaired) electrons. The molecule has 1 aliphatic rings. The Morgan fingerprint density at radius 3 is 3.05 bits per heavy atom. The predicted molar refractivity (Wildman–Crippen MR) is 90.9 cm³/mol. The van der Waals surface area contributed by atoms with Crippen molar-refractivity contribution in [2.75, 3.05) is 25.4 Å². The first-order valence-corrected chi connectivity index (χ1v) is 9.06. The Hall–Kier alpha value is -0.710. The van der Waals surface area contributed by atoms with Gasteiger partial charge in [-0.25, -0.2) is 0 Å². The molecule has 116 valence electrons. The van der Waals surface area contributed by atoms with Gasteiger partial charge in [-0.2, -0.15) is 0 Å². The zero-order valence-electron chi connectivity index (χ0n) is 12.5. The first-order valence-electron chi connectivity index (χ1n) is 7.53. The number of hydrogen-bond donors (Lipinski definition) is 1. The molecule has 2 rings (SSSR count). The highest BCUT2D eigenvalue weighted by molar-refractivity contribution is 7.99. The predicted octanol–water partition coefficient (Wildman–Crippen LogP) is 3.17. The zero-order valence-corrected chi connectivity index (χ0v) is 14.1. The molecule has 1 aromatic carbocycles. The quantitative estimate of drug-likeness (QED) is 0.835. The molecule has 1 fully saturated rings. The third-order valence-corrected chi connectivity index (χ3v) is 4.87. The van der Waals surface area contributed by atoms with Crippen molar-refractivity contribution in [1.29, 1.82) is 0 Å². The summed E-state index contributed by atoms with van der Waals surface area (Å²) in [4.78, 5) is 14.5. The number of rotatable bonds is 7. The number of halogens is 1. The second-order valence-electron chi connectivity index (χ2n) is 5.36. The Morgan fingerprint density at radius 2 is 2.38 bits per heavy atom. The van der Waals surface area contributed by atoms with Crippen molar-refractivity contribution >= 4 is 29.3 Å². The number of amides is 1. The lowest BCUT2D eigenvalue weighted by molar-refractivity contribution is -0.130. The van der Waals surface area contributed by atoms with Gasteiger partial charge in [0.15, 0.2) is 0 Å². The van der Waals surface area contributed by atoms with Crippen molar-refractivity contribution in [1.82, 2.24) is 10.2 Å². The minimum atomic E-state index is 0.262. The monoisotopic (exact) mass is 326 g/mol. The van der Waals surface area contributed by atoms with Crippen molar-refractivity contribution in [2.45, 2.75) is 31.6 Å². The van der Waals surface area contributed by atoms with E-state index in [0.717, 1.165) is 43.3 Å². The number of nitrogens with one attached hydrogen (secondary N) is 1. The molecule has 1 saturated heterocycles. The normalized spacial score (nSPS) is 17.9. The summed E-state index contributed by atoms with van der Waals surface area (Å²) >= 11 is 7.64. The number of carbonyl (C=O) groups is 1.